The van der Waals surface area contributed by atoms with Gasteiger partial charge in [-0.05, 0) is 67.9 Å². The zero-order valence-electron chi connectivity index (χ0n) is 23.5. The molecule has 10 heteroatoms. The number of pyridine rings is 1. The van der Waals surface area contributed by atoms with E-state index in [0.29, 0.717) is 13.2 Å². The molecule has 0 radical (unpaired) electrons. The molecular formula is C31H36N6O4. The Balaban J connectivity index is 0.984. The Morgan fingerprint density at radius 3 is 2.24 bits per heavy atom. The van der Waals surface area contributed by atoms with Crippen LogP contribution in [-0.2, 0) is 9.47 Å². The van der Waals surface area contributed by atoms with E-state index in [0.717, 1.165) is 55.3 Å². The molecule has 41 heavy (non-hydrogen) atoms. The van der Waals surface area contributed by atoms with Crippen LogP contribution in [0.25, 0.3) is 5.69 Å². The molecule has 0 bridgehead atoms. The van der Waals surface area contributed by atoms with Crippen molar-refractivity contribution < 1.29 is 14.2 Å². The molecule has 3 atom stereocenters. The predicted octanol–water partition coefficient (Wildman–Crippen LogP) is 4.22. The van der Waals surface area contributed by atoms with Gasteiger partial charge in [-0.1, -0.05) is 13.0 Å². The highest BCUT2D eigenvalue weighted by atomic mass is 16.7. The highest BCUT2D eigenvalue weighted by Crippen LogP contribution is 2.28. The Bertz CT molecular complexity index is 1460. The summed E-state index contributed by atoms with van der Waals surface area (Å²) in [5.74, 6) is 0.815. The molecule has 0 N–H and O–H groups in total. The quantitative estimate of drug-likeness (QED) is 0.303. The maximum atomic E-state index is 12.7. The number of benzene rings is 2. The number of rotatable bonds is 9. The van der Waals surface area contributed by atoms with Gasteiger partial charge in [-0.2, -0.15) is 5.10 Å². The number of anilines is 2. The average molecular weight is 557 g/mol. The molecule has 1 unspecified atom stereocenters. The van der Waals surface area contributed by atoms with E-state index in [9.17, 15) is 4.79 Å². The topological polar surface area (TPSA) is 86.9 Å². The van der Waals surface area contributed by atoms with E-state index in [1.807, 2.05) is 43.3 Å². The van der Waals surface area contributed by atoms with Gasteiger partial charge in [-0.15, -0.1) is 0 Å². The molecule has 2 aromatic carbocycles. The highest BCUT2D eigenvalue weighted by Gasteiger charge is 2.28. The SMILES string of the molecule is CCC(C)n1ncn(-c2ccc(N3CCN(c4ccc(OC[C@@H]5CO[C@@H](c6cccnc6)O5)cc4)CC3)cc2)c1=O. The van der Waals surface area contributed by atoms with Crippen LogP contribution in [0.4, 0.5) is 11.4 Å². The summed E-state index contributed by atoms with van der Waals surface area (Å²) in [5, 5.41) is 4.29. The molecule has 6 rings (SSSR count). The average Bonchev–Trinajstić information content (AvgIpc) is 3.67. The van der Waals surface area contributed by atoms with E-state index in [1.165, 1.54) is 5.69 Å². The van der Waals surface area contributed by atoms with Gasteiger partial charge in [0, 0.05) is 55.5 Å². The monoisotopic (exact) mass is 556 g/mol. The fourth-order valence-electron chi connectivity index (χ4n) is 5.18. The van der Waals surface area contributed by atoms with Gasteiger partial charge in [0.2, 0.25) is 0 Å². The number of hydrogen-bond donors (Lipinski definition) is 0. The largest absolute Gasteiger partial charge is 0.491 e. The standard InChI is InChI=1S/C31H36N6O4/c1-3-23(2)37-31(38)36(22-33-37)27-8-6-25(7-9-27)34-15-17-35(18-16-34)26-10-12-28(13-11-26)39-20-29-21-40-30(41-29)24-5-4-14-32-19-24/h4-14,19,22-23,29-30H,3,15-18,20-21H2,1-2H3/t23?,29-,30-/m1/s1. The molecule has 4 heterocycles. The van der Waals surface area contributed by atoms with Gasteiger partial charge < -0.3 is 24.0 Å². The van der Waals surface area contributed by atoms with Gasteiger partial charge in [0.1, 0.15) is 24.8 Å². The van der Waals surface area contributed by atoms with E-state index >= 15 is 0 Å². The number of ether oxygens (including phenoxy) is 3. The van der Waals surface area contributed by atoms with E-state index in [2.05, 4.69) is 51.1 Å². The lowest BCUT2D eigenvalue weighted by Crippen LogP contribution is -2.46. The first-order chi connectivity index (χ1) is 20.1. The third kappa shape index (κ3) is 5.98. The fourth-order valence-corrected chi connectivity index (χ4v) is 5.18. The fraction of sp³-hybridized carbons (Fsp3) is 0.387. The van der Waals surface area contributed by atoms with Gasteiger partial charge in [0.05, 0.1) is 18.3 Å². The van der Waals surface area contributed by atoms with E-state index < -0.39 is 0 Å². The lowest BCUT2D eigenvalue weighted by Gasteiger charge is -2.37. The van der Waals surface area contributed by atoms with Gasteiger partial charge in [0.15, 0.2) is 6.29 Å². The van der Waals surface area contributed by atoms with Crippen LogP contribution in [0.3, 0.4) is 0 Å². The van der Waals surface area contributed by atoms with Crippen LogP contribution >= 0.6 is 0 Å². The number of hydrogen-bond acceptors (Lipinski definition) is 8. The summed E-state index contributed by atoms with van der Waals surface area (Å²) in [7, 11) is 0. The summed E-state index contributed by atoms with van der Waals surface area (Å²) >= 11 is 0. The molecular weight excluding hydrogens is 520 g/mol. The van der Waals surface area contributed by atoms with Gasteiger partial charge >= 0.3 is 5.69 Å². The van der Waals surface area contributed by atoms with Crippen molar-refractivity contribution in [3.05, 3.63) is 95.4 Å². The molecule has 10 nitrogen and oxygen atoms in total. The van der Waals surface area contributed by atoms with E-state index in [-0.39, 0.29) is 24.1 Å². The minimum Gasteiger partial charge on any atom is -0.491 e. The second kappa shape index (κ2) is 12.2. The zero-order valence-corrected chi connectivity index (χ0v) is 23.5. The zero-order chi connectivity index (χ0) is 28.2. The molecule has 2 aliphatic rings. The first-order valence-corrected chi connectivity index (χ1v) is 14.3. The molecule has 0 spiro atoms. The minimum absolute atomic E-state index is 0.0797. The molecule has 0 amide bonds. The van der Waals surface area contributed by atoms with Crippen molar-refractivity contribution >= 4 is 11.4 Å². The van der Waals surface area contributed by atoms with Crippen LogP contribution in [0.5, 0.6) is 5.75 Å². The lowest BCUT2D eigenvalue weighted by atomic mass is 10.2. The van der Waals surface area contributed by atoms with Crippen LogP contribution in [0, 0.1) is 0 Å². The van der Waals surface area contributed by atoms with Crippen molar-refractivity contribution in [3.8, 4) is 11.4 Å². The number of aromatic nitrogens is 4. The third-order valence-corrected chi connectivity index (χ3v) is 7.82. The van der Waals surface area contributed by atoms with Gasteiger partial charge in [0.25, 0.3) is 0 Å². The first kappa shape index (κ1) is 27.0. The van der Waals surface area contributed by atoms with Crippen LogP contribution < -0.4 is 20.2 Å². The summed E-state index contributed by atoms with van der Waals surface area (Å²) in [6.45, 7) is 8.66. The Labute approximate surface area is 239 Å². The highest BCUT2D eigenvalue weighted by molar-refractivity contribution is 5.54. The van der Waals surface area contributed by atoms with E-state index in [4.69, 9.17) is 14.2 Å². The molecule has 0 saturated carbocycles. The summed E-state index contributed by atoms with van der Waals surface area (Å²) in [4.78, 5) is 21.6. The Morgan fingerprint density at radius 2 is 1.61 bits per heavy atom. The first-order valence-electron chi connectivity index (χ1n) is 14.3. The maximum Gasteiger partial charge on any atom is 0.350 e. The second-order valence-electron chi connectivity index (χ2n) is 10.5. The van der Waals surface area contributed by atoms with E-state index in [1.54, 1.807) is 28.0 Å². The second-order valence-corrected chi connectivity index (χ2v) is 10.5. The number of piperazine rings is 1. The van der Waals surface area contributed by atoms with Crippen molar-refractivity contribution in [2.45, 2.75) is 38.7 Å². The van der Waals surface area contributed by atoms with Crippen molar-refractivity contribution in [1.29, 1.82) is 0 Å². The summed E-state index contributed by atoms with van der Waals surface area (Å²) < 4.78 is 20.9. The maximum absolute atomic E-state index is 12.7. The molecule has 4 aromatic rings. The third-order valence-electron chi connectivity index (χ3n) is 7.82. The summed E-state index contributed by atoms with van der Waals surface area (Å²) in [5.41, 5.74) is 3.98. The molecule has 2 aliphatic heterocycles. The summed E-state index contributed by atoms with van der Waals surface area (Å²) in [6, 6.07) is 20.3. The number of nitrogens with zero attached hydrogens (tertiary/aromatic N) is 6. The van der Waals surface area contributed by atoms with Crippen molar-refractivity contribution in [1.82, 2.24) is 19.3 Å². The normalized spacial score (nSPS) is 19.9. The van der Waals surface area contributed by atoms with Crippen molar-refractivity contribution in [2.75, 3.05) is 49.2 Å². The lowest BCUT2D eigenvalue weighted by molar-refractivity contribution is -0.0661. The summed E-state index contributed by atoms with van der Waals surface area (Å²) in [6.07, 6.45) is 5.45. The van der Waals surface area contributed by atoms with Crippen molar-refractivity contribution in [2.24, 2.45) is 0 Å². The minimum atomic E-state index is -0.388. The molecule has 2 saturated heterocycles. The molecule has 2 fully saturated rings. The molecule has 214 valence electrons. The predicted molar refractivity (Wildman–Crippen MR) is 157 cm³/mol. The Hall–Kier alpha value is -4.15. The molecule has 2 aromatic heterocycles. The van der Waals surface area contributed by atoms with Crippen molar-refractivity contribution in [3.63, 3.8) is 0 Å². The van der Waals surface area contributed by atoms with Gasteiger partial charge in [-0.25, -0.2) is 14.0 Å². The van der Waals surface area contributed by atoms with Crippen LogP contribution in [0.2, 0.25) is 0 Å². The van der Waals surface area contributed by atoms with Crippen LogP contribution in [0.15, 0.2) is 84.2 Å². The van der Waals surface area contributed by atoms with Crippen LogP contribution in [0.1, 0.15) is 38.2 Å². The Kier molecular flexibility index (Phi) is 8.02. The van der Waals surface area contributed by atoms with Crippen LogP contribution in [-0.4, -0.2) is 64.8 Å². The molecule has 0 aliphatic carbocycles. The van der Waals surface area contributed by atoms with Gasteiger partial charge in [-0.3, -0.25) is 4.98 Å². The smallest absolute Gasteiger partial charge is 0.350 e. The Morgan fingerprint density at radius 1 is 0.951 bits per heavy atom.